The molecule has 2 rings (SSSR count). The van der Waals surface area contributed by atoms with Gasteiger partial charge in [-0.15, -0.1) is 0 Å². The lowest BCUT2D eigenvalue weighted by molar-refractivity contribution is 0.0690. The number of pyridine rings is 1. The summed E-state index contributed by atoms with van der Waals surface area (Å²) >= 11 is 0. The van der Waals surface area contributed by atoms with E-state index in [1.165, 1.54) is 30.5 Å². The maximum Gasteiger partial charge on any atom is 0.354 e. The summed E-state index contributed by atoms with van der Waals surface area (Å²) in [5.74, 6) is -2.38. The number of anilines is 1. The van der Waals surface area contributed by atoms with Gasteiger partial charge in [-0.2, -0.15) is 0 Å². The van der Waals surface area contributed by atoms with Gasteiger partial charge in [0, 0.05) is 18.2 Å². The Balaban J connectivity index is 2.04. The summed E-state index contributed by atoms with van der Waals surface area (Å²) < 4.78 is 26.1. The van der Waals surface area contributed by atoms with Gasteiger partial charge in [0.15, 0.2) is 0 Å². The number of carboxylic acid groups (broad SMARTS) is 1. The molecule has 0 aliphatic rings. The Morgan fingerprint density at radius 3 is 2.63 bits per heavy atom. The highest BCUT2D eigenvalue weighted by atomic mass is 19.1. The van der Waals surface area contributed by atoms with Crippen LogP contribution in [0.3, 0.4) is 0 Å². The summed E-state index contributed by atoms with van der Waals surface area (Å²) in [6, 6.07) is 6.19. The molecule has 0 saturated carbocycles. The van der Waals surface area contributed by atoms with Crippen LogP contribution >= 0.6 is 0 Å². The average Bonchev–Trinajstić information content (AvgIpc) is 2.38. The lowest BCUT2D eigenvalue weighted by Crippen LogP contribution is -2.04. The molecule has 2 N–H and O–H groups in total. The van der Waals surface area contributed by atoms with Crippen LogP contribution in [0.15, 0.2) is 36.5 Å². The largest absolute Gasteiger partial charge is 0.477 e. The van der Waals surface area contributed by atoms with Gasteiger partial charge in [-0.05, 0) is 18.2 Å². The lowest BCUT2D eigenvalue weighted by atomic mass is 10.2. The molecule has 0 amide bonds. The van der Waals surface area contributed by atoms with E-state index in [4.69, 9.17) is 5.11 Å². The smallest absolute Gasteiger partial charge is 0.354 e. The quantitative estimate of drug-likeness (QED) is 0.891. The molecule has 6 heteroatoms. The lowest BCUT2D eigenvalue weighted by Gasteiger charge is -2.07. The molecular formula is C13H10F2N2O2. The summed E-state index contributed by atoms with van der Waals surface area (Å²) in [5, 5.41) is 11.5. The standard InChI is InChI=1S/C13H10F2N2O2/c14-9-2-1-8(11(15)5-9)6-16-10-3-4-12(13(18)19)17-7-10/h1-5,7,16H,6H2,(H,18,19). The number of nitrogens with zero attached hydrogens (tertiary/aromatic N) is 1. The van der Waals surface area contributed by atoms with Gasteiger partial charge < -0.3 is 10.4 Å². The van der Waals surface area contributed by atoms with E-state index in [1.807, 2.05) is 0 Å². The third-order valence-corrected chi connectivity index (χ3v) is 2.48. The van der Waals surface area contributed by atoms with E-state index in [0.29, 0.717) is 11.3 Å². The predicted molar refractivity (Wildman–Crippen MR) is 64.9 cm³/mol. The van der Waals surface area contributed by atoms with E-state index >= 15 is 0 Å². The van der Waals surface area contributed by atoms with Gasteiger partial charge >= 0.3 is 5.97 Å². The Kier molecular flexibility index (Phi) is 3.70. The van der Waals surface area contributed by atoms with Crippen molar-refractivity contribution in [2.75, 3.05) is 5.32 Å². The maximum atomic E-state index is 13.3. The van der Waals surface area contributed by atoms with Crippen molar-refractivity contribution >= 4 is 11.7 Å². The Hall–Kier alpha value is -2.50. The fraction of sp³-hybridized carbons (Fsp3) is 0.0769. The average molecular weight is 264 g/mol. The van der Waals surface area contributed by atoms with E-state index < -0.39 is 17.6 Å². The van der Waals surface area contributed by atoms with Crippen LogP contribution in [0.4, 0.5) is 14.5 Å². The maximum absolute atomic E-state index is 13.3. The van der Waals surface area contributed by atoms with Crippen LogP contribution in [0.5, 0.6) is 0 Å². The Bertz CT molecular complexity index is 600. The molecule has 0 bridgehead atoms. The normalized spacial score (nSPS) is 10.2. The first-order valence-corrected chi connectivity index (χ1v) is 5.43. The molecule has 1 aromatic carbocycles. The van der Waals surface area contributed by atoms with Crippen molar-refractivity contribution in [1.82, 2.24) is 4.98 Å². The van der Waals surface area contributed by atoms with Crippen LogP contribution in [-0.2, 0) is 6.54 Å². The molecule has 0 aliphatic heterocycles. The molecule has 19 heavy (non-hydrogen) atoms. The van der Waals surface area contributed by atoms with Crippen LogP contribution in [0, 0.1) is 11.6 Å². The zero-order chi connectivity index (χ0) is 13.8. The Morgan fingerprint density at radius 2 is 2.05 bits per heavy atom. The molecule has 0 atom stereocenters. The second-order valence-electron chi connectivity index (χ2n) is 3.83. The first-order valence-electron chi connectivity index (χ1n) is 5.43. The van der Waals surface area contributed by atoms with Crippen molar-refractivity contribution in [3.63, 3.8) is 0 Å². The zero-order valence-electron chi connectivity index (χ0n) is 9.73. The number of halogens is 2. The second-order valence-corrected chi connectivity index (χ2v) is 3.83. The summed E-state index contributed by atoms with van der Waals surface area (Å²) in [7, 11) is 0. The minimum Gasteiger partial charge on any atom is -0.477 e. The molecule has 98 valence electrons. The van der Waals surface area contributed by atoms with Gasteiger partial charge in [0.2, 0.25) is 0 Å². The molecule has 0 aliphatic carbocycles. The van der Waals surface area contributed by atoms with E-state index in [1.54, 1.807) is 0 Å². The number of hydrogen-bond donors (Lipinski definition) is 2. The highest BCUT2D eigenvalue weighted by Crippen LogP contribution is 2.13. The predicted octanol–water partition coefficient (Wildman–Crippen LogP) is 2.67. The fourth-order valence-corrected chi connectivity index (χ4v) is 1.49. The number of benzene rings is 1. The highest BCUT2D eigenvalue weighted by molar-refractivity contribution is 5.85. The molecule has 0 spiro atoms. The highest BCUT2D eigenvalue weighted by Gasteiger charge is 2.05. The van der Waals surface area contributed by atoms with Crippen LogP contribution in [0.2, 0.25) is 0 Å². The van der Waals surface area contributed by atoms with Crippen molar-refractivity contribution in [3.8, 4) is 0 Å². The van der Waals surface area contributed by atoms with Gasteiger partial charge in [0.05, 0.1) is 11.9 Å². The van der Waals surface area contributed by atoms with Crippen molar-refractivity contribution in [2.45, 2.75) is 6.54 Å². The van der Waals surface area contributed by atoms with E-state index in [9.17, 15) is 13.6 Å². The number of aromatic nitrogens is 1. The van der Waals surface area contributed by atoms with Crippen LogP contribution in [-0.4, -0.2) is 16.1 Å². The molecular weight excluding hydrogens is 254 g/mol. The molecule has 0 unspecified atom stereocenters. The Morgan fingerprint density at radius 1 is 1.26 bits per heavy atom. The van der Waals surface area contributed by atoms with Gasteiger partial charge in [0.25, 0.3) is 0 Å². The fourth-order valence-electron chi connectivity index (χ4n) is 1.49. The molecule has 0 radical (unpaired) electrons. The first-order chi connectivity index (χ1) is 9.06. The third-order valence-electron chi connectivity index (χ3n) is 2.48. The van der Waals surface area contributed by atoms with Gasteiger partial charge in [0.1, 0.15) is 17.3 Å². The van der Waals surface area contributed by atoms with E-state index in [0.717, 1.165) is 6.07 Å². The van der Waals surface area contributed by atoms with Crippen LogP contribution in [0.1, 0.15) is 16.1 Å². The second kappa shape index (κ2) is 5.43. The summed E-state index contributed by atoms with van der Waals surface area (Å²) in [6.45, 7) is 0.153. The van der Waals surface area contributed by atoms with Crippen molar-refractivity contribution < 1.29 is 18.7 Å². The van der Waals surface area contributed by atoms with Crippen molar-refractivity contribution in [2.24, 2.45) is 0 Å². The number of rotatable bonds is 4. The number of carboxylic acids is 1. The first kappa shape index (κ1) is 12.9. The third kappa shape index (κ3) is 3.25. The van der Waals surface area contributed by atoms with Crippen molar-refractivity contribution in [3.05, 3.63) is 59.4 Å². The molecule has 2 aromatic rings. The van der Waals surface area contributed by atoms with E-state index in [2.05, 4.69) is 10.3 Å². The number of aromatic carboxylic acids is 1. The zero-order valence-corrected chi connectivity index (χ0v) is 9.73. The van der Waals surface area contributed by atoms with Crippen LogP contribution < -0.4 is 5.32 Å². The monoisotopic (exact) mass is 264 g/mol. The number of carbonyl (C=O) groups is 1. The molecule has 0 fully saturated rings. The molecule has 1 aromatic heterocycles. The van der Waals surface area contributed by atoms with Gasteiger partial charge in [-0.1, -0.05) is 6.07 Å². The van der Waals surface area contributed by atoms with E-state index in [-0.39, 0.29) is 12.2 Å². The molecule has 4 nitrogen and oxygen atoms in total. The SMILES string of the molecule is O=C(O)c1ccc(NCc2ccc(F)cc2F)cn1. The Labute approximate surface area is 107 Å². The number of hydrogen-bond acceptors (Lipinski definition) is 3. The van der Waals surface area contributed by atoms with Gasteiger partial charge in [-0.25, -0.2) is 18.6 Å². The molecule has 1 heterocycles. The van der Waals surface area contributed by atoms with Crippen LogP contribution in [0.25, 0.3) is 0 Å². The summed E-state index contributed by atoms with van der Waals surface area (Å²) in [5.41, 5.74) is 0.788. The van der Waals surface area contributed by atoms with Crippen molar-refractivity contribution in [1.29, 1.82) is 0 Å². The van der Waals surface area contributed by atoms with Gasteiger partial charge in [-0.3, -0.25) is 0 Å². The molecule has 0 saturated heterocycles. The summed E-state index contributed by atoms with van der Waals surface area (Å²) in [4.78, 5) is 14.3. The number of nitrogens with one attached hydrogen (secondary N) is 1. The topological polar surface area (TPSA) is 62.2 Å². The minimum absolute atomic E-state index is 0.0708. The minimum atomic E-state index is -1.11. The summed E-state index contributed by atoms with van der Waals surface area (Å²) in [6.07, 6.45) is 1.34.